The Kier molecular flexibility index (Phi) is 4.78. The lowest BCUT2D eigenvalue weighted by Gasteiger charge is -2.17. The molecule has 0 unspecified atom stereocenters. The van der Waals surface area contributed by atoms with Crippen LogP contribution in [0, 0.1) is 6.92 Å². The molecule has 6 nitrogen and oxygen atoms in total. The number of hydrogen-bond donors (Lipinski definition) is 0. The predicted octanol–water partition coefficient (Wildman–Crippen LogP) is 4.86. The smallest absolute Gasteiger partial charge is 0.210 e. The van der Waals surface area contributed by atoms with Crippen LogP contribution in [0.5, 0.6) is 5.75 Å². The number of imidazole rings is 1. The Hall–Kier alpha value is -3.93. The molecule has 4 heterocycles. The molecule has 0 atom stereocenters. The normalized spacial score (nSPS) is 15.3. The molecular formula is C26H23N3O3. The van der Waals surface area contributed by atoms with Gasteiger partial charge in [-0.3, -0.25) is 9.78 Å². The number of pyridine rings is 2. The summed E-state index contributed by atoms with van der Waals surface area (Å²) in [5.74, 6) is 1.24. The number of aromatic nitrogens is 3. The first-order chi connectivity index (χ1) is 15.4. The van der Waals surface area contributed by atoms with E-state index in [1.807, 2.05) is 72.1 Å². The van der Waals surface area contributed by atoms with Crippen molar-refractivity contribution < 1.29 is 14.3 Å². The fourth-order valence-corrected chi connectivity index (χ4v) is 3.87. The Morgan fingerprint density at radius 1 is 1.00 bits per heavy atom. The van der Waals surface area contributed by atoms with Gasteiger partial charge in [0.15, 0.2) is 5.60 Å². The van der Waals surface area contributed by atoms with Crippen LogP contribution in [0.25, 0.3) is 17.0 Å². The standard InChI is InChI=1S/C26H23N3O3/c1-17-5-4-6-22-28-20(15-29(17)22)16-31-21-9-7-18(8-10-21)23-24(19-11-13-27-14-12-19)32-26(2,3)25(23)30/h4-15H,16H2,1-3H3. The van der Waals surface area contributed by atoms with E-state index in [2.05, 4.69) is 9.97 Å². The third-order valence-electron chi connectivity index (χ3n) is 5.58. The van der Waals surface area contributed by atoms with Crippen LogP contribution < -0.4 is 4.74 Å². The molecule has 0 spiro atoms. The number of fused-ring (bicyclic) bond motifs is 1. The lowest BCUT2D eigenvalue weighted by atomic mass is 9.93. The molecule has 0 fully saturated rings. The van der Waals surface area contributed by atoms with Crippen molar-refractivity contribution in [1.82, 2.24) is 14.4 Å². The minimum Gasteiger partial charge on any atom is -0.487 e. The maximum absolute atomic E-state index is 13.1. The number of Topliss-reactive ketones (excluding diaryl/α,β-unsaturated/α-hetero) is 1. The molecule has 0 N–H and O–H groups in total. The zero-order valence-corrected chi connectivity index (χ0v) is 18.2. The van der Waals surface area contributed by atoms with E-state index in [1.165, 1.54) is 0 Å². The fraction of sp³-hybridized carbons (Fsp3) is 0.192. The summed E-state index contributed by atoms with van der Waals surface area (Å²) in [4.78, 5) is 21.7. The summed E-state index contributed by atoms with van der Waals surface area (Å²) in [5.41, 5.74) is 4.16. The molecule has 5 rings (SSSR count). The number of aryl methyl sites for hydroxylation is 1. The second-order valence-electron chi connectivity index (χ2n) is 8.32. The minimum atomic E-state index is -0.912. The van der Waals surface area contributed by atoms with E-state index >= 15 is 0 Å². The van der Waals surface area contributed by atoms with Gasteiger partial charge in [-0.15, -0.1) is 0 Å². The Morgan fingerprint density at radius 2 is 1.75 bits per heavy atom. The highest BCUT2D eigenvalue weighted by molar-refractivity contribution is 6.32. The summed E-state index contributed by atoms with van der Waals surface area (Å²) in [7, 11) is 0. The maximum atomic E-state index is 13.1. The van der Waals surface area contributed by atoms with E-state index in [1.54, 1.807) is 26.2 Å². The SMILES string of the molecule is Cc1cccc2nc(COc3ccc(C4=C(c5ccncc5)OC(C)(C)C4=O)cc3)cn12. The molecule has 160 valence electrons. The summed E-state index contributed by atoms with van der Waals surface area (Å²) >= 11 is 0. The van der Waals surface area contributed by atoms with Crippen molar-refractivity contribution in [3.05, 3.63) is 95.7 Å². The lowest BCUT2D eigenvalue weighted by molar-refractivity contribution is -0.125. The van der Waals surface area contributed by atoms with E-state index in [9.17, 15) is 4.79 Å². The zero-order valence-electron chi connectivity index (χ0n) is 18.2. The molecule has 6 heteroatoms. The number of rotatable bonds is 5. The quantitative estimate of drug-likeness (QED) is 0.457. The summed E-state index contributed by atoms with van der Waals surface area (Å²) in [5, 5.41) is 0. The van der Waals surface area contributed by atoms with Crippen LogP contribution in [0.15, 0.2) is 73.2 Å². The molecule has 4 aromatic rings. The molecule has 0 radical (unpaired) electrons. The zero-order chi connectivity index (χ0) is 22.3. The number of ether oxygens (including phenoxy) is 2. The number of carbonyl (C=O) groups is 1. The van der Waals surface area contributed by atoms with E-state index in [4.69, 9.17) is 9.47 Å². The number of carbonyl (C=O) groups excluding carboxylic acids is 1. The van der Waals surface area contributed by atoms with Crippen LogP contribution in [0.4, 0.5) is 0 Å². The van der Waals surface area contributed by atoms with Crippen LogP contribution in [0.2, 0.25) is 0 Å². The average molecular weight is 425 g/mol. The molecule has 3 aromatic heterocycles. The van der Waals surface area contributed by atoms with Gasteiger partial charge in [-0.2, -0.15) is 0 Å². The molecule has 32 heavy (non-hydrogen) atoms. The first-order valence-electron chi connectivity index (χ1n) is 10.5. The minimum absolute atomic E-state index is 0.0435. The van der Waals surface area contributed by atoms with Gasteiger partial charge in [-0.05, 0) is 62.7 Å². The van der Waals surface area contributed by atoms with Crippen molar-refractivity contribution in [2.75, 3.05) is 0 Å². The van der Waals surface area contributed by atoms with Gasteiger partial charge in [-0.1, -0.05) is 18.2 Å². The van der Waals surface area contributed by atoms with E-state index < -0.39 is 5.60 Å². The molecule has 0 saturated carbocycles. The number of hydrogen-bond acceptors (Lipinski definition) is 5. The van der Waals surface area contributed by atoms with Gasteiger partial charge in [0.25, 0.3) is 0 Å². The third-order valence-corrected chi connectivity index (χ3v) is 5.58. The highest BCUT2D eigenvalue weighted by Crippen LogP contribution is 2.41. The second kappa shape index (κ2) is 7.64. The maximum Gasteiger partial charge on any atom is 0.210 e. The molecule has 0 amide bonds. The van der Waals surface area contributed by atoms with Gasteiger partial charge in [0, 0.05) is 29.8 Å². The lowest BCUT2D eigenvalue weighted by Crippen LogP contribution is -2.29. The Morgan fingerprint density at radius 3 is 2.47 bits per heavy atom. The van der Waals surface area contributed by atoms with Gasteiger partial charge in [-0.25, -0.2) is 4.98 Å². The Balaban J connectivity index is 1.39. The first-order valence-corrected chi connectivity index (χ1v) is 10.5. The molecule has 1 aliphatic heterocycles. The Bertz CT molecular complexity index is 1340. The van der Waals surface area contributed by atoms with Gasteiger partial charge in [0.2, 0.25) is 5.78 Å². The van der Waals surface area contributed by atoms with Crippen LogP contribution in [-0.4, -0.2) is 25.8 Å². The van der Waals surface area contributed by atoms with Crippen molar-refractivity contribution >= 4 is 22.8 Å². The Labute approximate surface area is 186 Å². The van der Waals surface area contributed by atoms with Crippen molar-refractivity contribution in [3.63, 3.8) is 0 Å². The van der Waals surface area contributed by atoms with E-state index in [0.29, 0.717) is 23.7 Å². The first kappa shape index (κ1) is 20.0. The second-order valence-corrected chi connectivity index (χ2v) is 8.32. The third kappa shape index (κ3) is 3.54. The molecule has 0 bridgehead atoms. The van der Waals surface area contributed by atoms with E-state index in [-0.39, 0.29) is 5.78 Å². The summed E-state index contributed by atoms with van der Waals surface area (Å²) < 4.78 is 14.0. The van der Waals surface area contributed by atoms with Gasteiger partial charge in [0.1, 0.15) is 23.8 Å². The molecule has 1 aromatic carbocycles. The van der Waals surface area contributed by atoms with Crippen LogP contribution >= 0.6 is 0 Å². The van der Waals surface area contributed by atoms with Crippen molar-refractivity contribution in [1.29, 1.82) is 0 Å². The van der Waals surface area contributed by atoms with E-state index in [0.717, 1.165) is 28.2 Å². The van der Waals surface area contributed by atoms with Gasteiger partial charge >= 0.3 is 0 Å². The molecule has 0 aliphatic carbocycles. The van der Waals surface area contributed by atoms with Gasteiger partial charge < -0.3 is 13.9 Å². The van der Waals surface area contributed by atoms with Gasteiger partial charge in [0.05, 0.1) is 11.3 Å². The largest absolute Gasteiger partial charge is 0.487 e. The number of benzene rings is 1. The average Bonchev–Trinajstić information content (AvgIpc) is 3.33. The highest BCUT2D eigenvalue weighted by Gasteiger charge is 2.42. The van der Waals surface area contributed by atoms with Crippen molar-refractivity contribution in [2.45, 2.75) is 33.0 Å². The molecule has 1 aliphatic rings. The van der Waals surface area contributed by atoms with Crippen LogP contribution in [0.3, 0.4) is 0 Å². The van der Waals surface area contributed by atoms with Crippen molar-refractivity contribution in [2.24, 2.45) is 0 Å². The monoisotopic (exact) mass is 425 g/mol. The number of ketones is 1. The highest BCUT2D eigenvalue weighted by atomic mass is 16.5. The predicted molar refractivity (Wildman–Crippen MR) is 122 cm³/mol. The molecular weight excluding hydrogens is 402 g/mol. The summed E-state index contributed by atoms with van der Waals surface area (Å²) in [6.45, 7) is 5.98. The summed E-state index contributed by atoms with van der Waals surface area (Å²) in [6, 6.07) is 17.2. The van der Waals surface area contributed by atoms with Crippen molar-refractivity contribution in [3.8, 4) is 5.75 Å². The molecule has 0 saturated heterocycles. The fourth-order valence-electron chi connectivity index (χ4n) is 3.87. The van der Waals surface area contributed by atoms with Crippen LogP contribution in [0.1, 0.15) is 36.4 Å². The summed E-state index contributed by atoms with van der Waals surface area (Å²) in [6.07, 6.45) is 5.37. The number of nitrogens with zero attached hydrogens (tertiary/aromatic N) is 3. The van der Waals surface area contributed by atoms with Crippen LogP contribution in [-0.2, 0) is 16.1 Å². The topological polar surface area (TPSA) is 65.7 Å².